The normalized spacial score (nSPS) is 12.1. The Kier molecular flexibility index (Phi) is 57.3. The molecule has 0 aromatic rings. The van der Waals surface area contributed by atoms with E-state index in [2.05, 4.69) is 6.92 Å². The summed E-state index contributed by atoms with van der Waals surface area (Å²) in [6.07, 6.45) is 79.1. The highest BCUT2D eigenvalue weighted by Crippen LogP contribution is 2.25. The van der Waals surface area contributed by atoms with Gasteiger partial charge in [0.1, 0.15) is 0 Å². The van der Waals surface area contributed by atoms with Crippen LogP contribution in [0.3, 0.4) is 0 Å². The molecule has 66 heavy (non-hydrogen) atoms. The zero-order valence-corrected chi connectivity index (χ0v) is 45.3. The van der Waals surface area contributed by atoms with Gasteiger partial charge in [-0.3, -0.25) is 9.59 Å². The van der Waals surface area contributed by atoms with E-state index in [0.29, 0.717) is 12.8 Å². The van der Waals surface area contributed by atoms with Crippen LogP contribution in [0.1, 0.15) is 379 Å². The Morgan fingerprint density at radius 1 is 0.227 bits per heavy atom. The van der Waals surface area contributed by atoms with Gasteiger partial charge in [-0.1, -0.05) is 354 Å². The van der Waals surface area contributed by atoms with Crippen LogP contribution in [0.15, 0.2) is 0 Å². The summed E-state index contributed by atoms with van der Waals surface area (Å²) in [5.74, 6) is -0.287. The fourth-order valence-corrected chi connectivity index (χ4v) is 10.7. The van der Waals surface area contributed by atoms with Gasteiger partial charge in [0.05, 0.1) is 0 Å². The van der Waals surface area contributed by atoms with Gasteiger partial charge in [-0.05, 0) is 18.8 Å². The van der Waals surface area contributed by atoms with Crippen molar-refractivity contribution >= 4 is 11.9 Å². The Morgan fingerprint density at radius 3 is 0.515 bits per heavy atom. The molecular formula is C62H122O4. The summed E-state index contributed by atoms with van der Waals surface area (Å²) in [4.78, 5) is 21.1. The second kappa shape index (κ2) is 58.3. The van der Waals surface area contributed by atoms with Crippen molar-refractivity contribution in [2.75, 3.05) is 0 Å². The van der Waals surface area contributed by atoms with Crippen molar-refractivity contribution in [1.82, 2.24) is 0 Å². The molecule has 1 atom stereocenters. The number of carboxylic acids is 2. The molecule has 0 saturated heterocycles. The highest BCUT2D eigenvalue weighted by atomic mass is 16.4. The monoisotopic (exact) mass is 931 g/mol. The van der Waals surface area contributed by atoms with Crippen LogP contribution < -0.4 is 0 Å². The second-order valence-electron chi connectivity index (χ2n) is 21.9. The van der Waals surface area contributed by atoms with Gasteiger partial charge in [0.15, 0.2) is 0 Å². The van der Waals surface area contributed by atoms with Gasteiger partial charge in [0.25, 0.3) is 0 Å². The van der Waals surface area contributed by atoms with Crippen LogP contribution in [0.5, 0.6) is 0 Å². The number of unbranched alkanes of at least 4 members (excludes halogenated alkanes) is 50. The minimum absolute atomic E-state index is 0.344. The van der Waals surface area contributed by atoms with Crippen LogP contribution in [0, 0.1) is 5.92 Å². The molecule has 0 aliphatic carbocycles. The Labute approximate surface area is 415 Å². The maximum Gasteiger partial charge on any atom is 0.303 e. The zero-order chi connectivity index (χ0) is 47.7. The van der Waals surface area contributed by atoms with E-state index in [1.165, 1.54) is 334 Å². The van der Waals surface area contributed by atoms with Crippen molar-refractivity contribution in [3.8, 4) is 0 Å². The highest BCUT2D eigenvalue weighted by molar-refractivity contribution is 5.66. The number of hydrogen-bond donors (Lipinski definition) is 2. The molecule has 1 unspecified atom stereocenters. The lowest BCUT2D eigenvalue weighted by molar-refractivity contribution is -0.138. The molecule has 0 radical (unpaired) electrons. The molecule has 0 rings (SSSR count). The van der Waals surface area contributed by atoms with Gasteiger partial charge < -0.3 is 10.2 Å². The first-order chi connectivity index (χ1) is 32.6. The topological polar surface area (TPSA) is 74.6 Å². The van der Waals surface area contributed by atoms with Crippen molar-refractivity contribution in [3.63, 3.8) is 0 Å². The van der Waals surface area contributed by atoms with Crippen LogP contribution in [0.25, 0.3) is 0 Å². The fraction of sp³-hybridized carbons (Fsp3) is 0.968. The standard InChI is InChI=1S/C62H122O4/c1-2-3-4-50-55-60(57-52-47-43-39-35-31-27-23-19-17-21-25-29-33-37-41-45-49-54-59-62(65)66)56-51-46-42-38-34-30-26-22-18-15-13-11-9-7-5-6-8-10-12-14-16-20-24-28-32-36-40-44-48-53-58-61(63)64/h60H,2-59H2,1H3,(H,63,64)(H,65,66). The third-order valence-corrected chi connectivity index (χ3v) is 15.2. The molecule has 2 N–H and O–H groups in total. The van der Waals surface area contributed by atoms with E-state index in [1.54, 1.807) is 0 Å². The van der Waals surface area contributed by atoms with Crippen molar-refractivity contribution in [1.29, 1.82) is 0 Å². The first-order valence-corrected chi connectivity index (χ1v) is 31.0. The number of rotatable bonds is 60. The summed E-state index contributed by atoms with van der Waals surface area (Å²) in [6.45, 7) is 2.35. The lowest BCUT2D eigenvalue weighted by Gasteiger charge is -2.17. The smallest absolute Gasteiger partial charge is 0.303 e. The molecule has 0 aliphatic heterocycles. The van der Waals surface area contributed by atoms with E-state index in [-0.39, 0.29) is 0 Å². The lowest BCUT2D eigenvalue weighted by atomic mass is 9.89. The van der Waals surface area contributed by atoms with Crippen LogP contribution in [0.2, 0.25) is 0 Å². The molecule has 4 heteroatoms. The molecular weight excluding hydrogens is 809 g/mol. The van der Waals surface area contributed by atoms with E-state index in [0.717, 1.165) is 31.6 Å². The minimum atomic E-state index is -0.648. The molecule has 394 valence electrons. The molecule has 0 amide bonds. The average molecular weight is 932 g/mol. The maximum absolute atomic E-state index is 10.6. The van der Waals surface area contributed by atoms with E-state index >= 15 is 0 Å². The number of hydrogen-bond acceptors (Lipinski definition) is 2. The first-order valence-electron chi connectivity index (χ1n) is 31.0. The molecule has 0 aromatic heterocycles. The average Bonchev–Trinajstić information content (AvgIpc) is 3.30. The number of carboxylic acid groups (broad SMARTS) is 2. The summed E-state index contributed by atoms with van der Waals surface area (Å²) >= 11 is 0. The summed E-state index contributed by atoms with van der Waals surface area (Å²) in [5.41, 5.74) is 0. The maximum atomic E-state index is 10.6. The Bertz CT molecular complexity index is 917. The largest absolute Gasteiger partial charge is 0.481 e. The van der Waals surface area contributed by atoms with Gasteiger partial charge >= 0.3 is 11.9 Å². The fourth-order valence-electron chi connectivity index (χ4n) is 10.7. The molecule has 0 heterocycles. The SMILES string of the molecule is CCCCCCC(CCCCCCCCCCCCCCCCCCCCCCCCCCCCCCCCC(=O)O)CCCCCCCCCCCCCCCCCCCCCC(=O)O. The van der Waals surface area contributed by atoms with Gasteiger partial charge in [-0.2, -0.15) is 0 Å². The zero-order valence-electron chi connectivity index (χ0n) is 45.3. The van der Waals surface area contributed by atoms with E-state index in [1.807, 2.05) is 0 Å². The number of carbonyl (C=O) groups is 2. The minimum Gasteiger partial charge on any atom is -0.481 e. The Morgan fingerprint density at radius 2 is 0.364 bits per heavy atom. The summed E-state index contributed by atoms with van der Waals surface area (Å²) in [7, 11) is 0. The highest BCUT2D eigenvalue weighted by Gasteiger charge is 2.09. The third kappa shape index (κ3) is 59.1. The lowest BCUT2D eigenvalue weighted by Crippen LogP contribution is -2.01. The summed E-state index contributed by atoms with van der Waals surface area (Å²) < 4.78 is 0. The van der Waals surface area contributed by atoms with Crippen molar-refractivity contribution in [2.24, 2.45) is 5.92 Å². The van der Waals surface area contributed by atoms with Crippen molar-refractivity contribution < 1.29 is 19.8 Å². The summed E-state index contributed by atoms with van der Waals surface area (Å²) in [5, 5.41) is 17.4. The Hall–Kier alpha value is -1.06. The van der Waals surface area contributed by atoms with Gasteiger partial charge in [0.2, 0.25) is 0 Å². The van der Waals surface area contributed by atoms with Gasteiger partial charge in [-0.25, -0.2) is 0 Å². The molecule has 0 fully saturated rings. The predicted molar refractivity (Wildman–Crippen MR) is 292 cm³/mol. The van der Waals surface area contributed by atoms with Crippen molar-refractivity contribution in [2.45, 2.75) is 379 Å². The molecule has 4 nitrogen and oxygen atoms in total. The molecule has 0 bridgehead atoms. The van der Waals surface area contributed by atoms with E-state index < -0.39 is 11.9 Å². The van der Waals surface area contributed by atoms with Crippen LogP contribution in [-0.4, -0.2) is 22.2 Å². The van der Waals surface area contributed by atoms with Crippen LogP contribution in [0.4, 0.5) is 0 Å². The number of aliphatic carboxylic acids is 2. The summed E-state index contributed by atoms with van der Waals surface area (Å²) in [6, 6.07) is 0. The molecule has 0 aromatic carbocycles. The molecule has 0 aliphatic rings. The second-order valence-corrected chi connectivity index (χ2v) is 21.9. The van der Waals surface area contributed by atoms with E-state index in [4.69, 9.17) is 10.2 Å². The molecule has 0 saturated carbocycles. The van der Waals surface area contributed by atoms with Gasteiger partial charge in [0, 0.05) is 12.8 Å². The molecule has 0 spiro atoms. The third-order valence-electron chi connectivity index (χ3n) is 15.2. The van der Waals surface area contributed by atoms with Crippen LogP contribution in [-0.2, 0) is 9.59 Å². The van der Waals surface area contributed by atoms with E-state index in [9.17, 15) is 9.59 Å². The van der Waals surface area contributed by atoms with Crippen LogP contribution >= 0.6 is 0 Å². The predicted octanol–water partition coefficient (Wildman–Crippen LogP) is 22.4. The van der Waals surface area contributed by atoms with Crippen molar-refractivity contribution in [3.05, 3.63) is 0 Å². The van der Waals surface area contributed by atoms with Gasteiger partial charge in [-0.15, -0.1) is 0 Å². The first kappa shape index (κ1) is 64.9. The Balaban J connectivity index is 3.46. The quantitative estimate of drug-likeness (QED) is 0.0596.